The first-order valence-electron chi connectivity index (χ1n) is 11.7. The van der Waals surface area contributed by atoms with Crippen LogP contribution < -0.4 is 4.74 Å². The second kappa shape index (κ2) is 10.2. The van der Waals surface area contributed by atoms with Crippen molar-refractivity contribution in [1.82, 2.24) is 24.9 Å². The molecule has 0 N–H and O–H groups in total. The van der Waals surface area contributed by atoms with E-state index in [1.165, 1.54) is 6.20 Å². The third-order valence-corrected chi connectivity index (χ3v) is 8.45. The molecule has 1 saturated carbocycles. The quantitative estimate of drug-likeness (QED) is 0.416. The lowest BCUT2D eigenvalue weighted by Crippen LogP contribution is -2.33. The molecule has 0 atom stereocenters. The van der Waals surface area contributed by atoms with Crippen molar-refractivity contribution in [3.63, 3.8) is 0 Å². The van der Waals surface area contributed by atoms with Crippen LogP contribution >= 0.6 is 0 Å². The molecule has 0 aromatic carbocycles. The van der Waals surface area contributed by atoms with E-state index in [2.05, 4.69) is 24.9 Å². The lowest BCUT2D eigenvalue weighted by atomic mass is 9.82. The van der Waals surface area contributed by atoms with E-state index < -0.39 is 15.3 Å². The minimum Gasteiger partial charge on any atom is -0.477 e. The maximum absolute atomic E-state index is 13.2. The first-order chi connectivity index (χ1) is 16.7. The van der Waals surface area contributed by atoms with Crippen LogP contribution in [0.5, 0.6) is 5.88 Å². The summed E-state index contributed by atoms with van der Waals surface area (Å²) in [5, 5.41) is -0.300. The molecule has 1 fully saturated rings. The van der Waals surface area contributed by atoms with E-state index in [1.54, 1.807) is 44.6 Å². The van der Waals surface area contributed by atoms with Crippen LogP contribution in [0.15, 0.2) is 43.0 Å². The zero-order valence-corrected chi connectivity index (χ0v) is 21.0. The Morgan fingerprint density at radius 1 is 1.09 bits per heavy atom. The third kappa shape index (κ3) is 5.70. The summed E-state index contributed by atoms with van der Waals surface area (Å²) in [6, 6.07) is 5.29. The molecule has 184 valence electrons. The molecule has 3 heterocycles. The number of hydrogen-bond donors (Lipinski definition) is 0. The molecule has 1 aliphatic rings. The molecule has 35 heavy (non-hydrogen) atoms. The van der Waals surface area contributed by atoms with Gasteiger partial charge in [-0.05, 0) is 51.8 Å². The van der Waals surface area contributed by atoms with Crippen LogP contribution in [-0.2, 0) is 32.2 Å². The van der Waals surface area contributed by atoms with E-state index in [-0.39, 0.29) is 29.0 Å². The summed E-state index contributed by atoms with van der Waals surface area (Å²) < 4.78 is 30.5. The van der Waals surface area contributed by atoms with Crippen molar-refractivity contribution in [2.75, 3.05) is 6.61 Å². The van der Waals surface area contributed by atoms with E-state index in [9.17, 15) is 13.2 Å². The van der Waals surface area contributed by atoms with E-state index in [1.807, 2.05) is 13.0 Å². The zero-order valence-electron chi connectivity index (χ0n) is 20.1. The molecule has 0 amide bonds. The van der Waals surface area contributed by atoms with Crippen molar-refractivity contribution in [2.24, 2.45) is 0 Å². The SMILES string of the molecule is CCOc1cncc(-c2ccc(CC(=O)C(C)(C)c3ccnc(CS(=O)(=O)C4CCC4)n3)nc2)n1. The number of carbonyl (C=O) groups is 1. The standard InChI is InChI=1S/C25H29N5O4S/c1-4-34-24-15-26-14-20(29-24)17-8-9-18(28-13-17)12-22(31)25(2,3)21-10-11-27-23(30-21)16-35(32,33)19-6-5-7-19/h8-11,13-15,19H,4-7,12,16H2,1-3H3. The number of sulfone groups is 1. The number of carbonyl (C=O) groups excluding carboxylic acids is 1. The number of pyridine rings is 1. The Kier molecular flexibility index (Phi) is 7.20. The third-order valence-electron chi connectivity index (χ3n) is 6.30. The molecular formula is C25H29N5O4S. The molecule has 3 aromatic heterocycles. The molecule has 1 aliphatic carbocycles. The number of aromatic nitrogens is 5. The number of nitrogens with zero attached hydrogens (tertiary/aromatic N) is 5. The summed E-state index contributed by atoms with van der Waals surface area (Å²) >= 11 is 0. The van der Waals surface area contributed by atoms with E-state index in [0.29, 0.717) is 42.4 Å². The molecule has 4 rings (SSSR count). The molecular weight excluding hydrogens is 466 g/mol. The Labute approximate surface area is 205 Å². The molecule has 0 unspecified atom stereocenters. The van der Waals surface area contributed by atoms with E-state index in [0.717, 1.165) is 12.0 Å². The minimum absolute atomic E-state index is 0.0811. The molecule has 0 bridgehead atoms. The van der Waals surface area contributed by atoms with Gasteiger partial charge in [-0.25, -0.2) is 23.4 Å². The van der Waals surface area contributed by atoms with Crippen molar-refractivity contribution in [2.45, 2.75) is 62.9 Å². The van der Waals surface area contributed by atoms with Gasteiger partial charge < -0.3 is 4.74 Å². The zero-order chi connectivity index (χ0) is 25.1. The van der Waals surface area contributed by atoms with E-state index in [4.69, 9.17) is 4.74 Å². The molecule has 0 spiro atoms. The molecule has 0 radical (unpaired) electrons. The Morgan fingerprint density at radius 3 is 2.54 bits per heavy atom. The predicted molar refractivity (Wildman–Crippen MR) is 130 cm³/mol. The molecule has 0 aliphatic heterocycles. The Balaban J connectivity index is 1.46. The fourth-order valence-electron chi connectivity index (χ4n) is 3.76. The van der Waals surface area contributed by atoms with Crippen molar-refractivity contribution < 1.29 is 17.9 Å². The average Bonchev–Trinajstić information content (AvgIpc) is 2.78. The van der Waals surface area contributed by atoms with Crippen molar-refractivity contribution in [3.8, 4) is 17.1 Å². The average molecular weight is 496 g/mol. The fourth-order valence-corrected chi connectivity index (χ4v) is 5.54. The van der Waals surface area contributed by atoms with Gasteiger partial charge in [-0.3, -0.25) is 14.8 Å². The highest BCUT2D eigenvalue weighted by Gasteiger charge is 2.34. The second-order valence-electron chi connectivity index (χ2n) is 9.16. The topological polar surface area (TPSA) is 125 Å². The molecule has 0 saturated heterocycles. The van der Waals surface area contributed by atoms with Gasteiger partial charge in [0.15, 0.2) is 9.84 Å². The second-order valence-corrected chi connectivity index (χ2v) is 11.4. The van der Waals surface area contributed by atoms with Crippen LogP contribution in [0.4, 0.5) is 0 Å². The smallest absolute Gasteiger partial charge is 0.232 e. The molecule has 3 aromatic rings. The van der Waals surface area contributed by atoms with Gasteiger partial charge >= 0.3 is 0 Å². The van der Waals surface area contributed by atoms with Gasteiger partial charge in [-0.1, -0.05) is 6.42 Å². The summed E-state index contributed by atoms with van der Waals surface area (Å²) in [6.07, 6.45) is 8.80. The highest BCUT2D eigenvalue weighted by Crippen LogP contribution is 2.29. The fraction of sp³-hybridized carbons (Fsp3) is 0.440. The van der Waals surface area contributed by atoms with Crippen molar-refractivity contribution >= 4 is 15.6 Å². The van der Waals surface area contributed by atoms with Gasteiger partial charge in [-0.15, -0.1) is 0 Å². The minimum atomic E-state index is -3.28. The number of ketones is 1. The number of Topliss-reactive ketones (excluding diaryl/α,β-unsaturated/α-hetero) is 1. The predicted octanol–water partition coefficient (Wildman–Crippen LogP) is 3.28. The van der Waals surface area contributed by atoms with Crippen LogP contribution in [0, 0.1) is 0 Å². The normalized spacial score (nSPS) is 14.4. The van der Waals surface area contributed by atoms with Crippen LogP contribution in [0.3, 0.4) is 0 Å². The summed E-state index contributed by atoms with van der Waals surface area (Å²) in [6.45, 7) is 5.94. The van der Waals surface area contributed by atoms with E-state index >= 15 is 0 Å². The molecule has 9 nitrogen and oxygen atoms in total. The Hall–Kier alpha value is -3.27. The summed E-state index contributed by atoms with van der Waals surface area (Å²) in [7, 11) is -3.28. The van der Waals surface area contributed by atoms with Crippen molar-refractivity contribution in [3.05, 3.63) is 60.2 Å². The number of ether oxygens (including phenoxy) is 1. The Bertz CT molecular complexity index is 1310. The van der Waals surface area contributed by atoms with Crippen LogP contribution in [0.2, 0.25) is 0 Å². The van der Waals surface area contributed by atoms with Crippen molar-refractivity contribution in [1.29, 1.82) is 0 Å². The van der Waals surface area contributed by atoms with Gasteiger partial charge in [0.2, 0.25) is 5.88 Å². The van der Waals surface area contributed by atoms with Gasteiger partial charge in [0.25, 0.3) is 0 Å². The summed E-state index contributed by atoms with van der Waals surface area (Å²) in [5.41, 5.74) is 1.57. The van der Waals surface area contributed by atoms with Crippen LogP contribution in [0.1, 0.15) is 57.2 Å². The maximum atomic E-state index is 13.2. The van der Waals surface area contributed by atoms with Gasteiger partial charge in [-0.2, -0.15) is 0 Å². The van der Waals surface area contributed by atoms with Gasteiger partial charge in [0.1, 0.15) is 17.4 Å². The largest absolute Gasteiger partial charge is 0.477 e. The molecule has 10 heteroatoms. The summed E-state index contributed by atoms with van der Waals surface area (Å²) in [4.78, 5) is 34.8. The van der Waals surface area contributed by atoms with Gasteiger partial charge in [0.05, 0.1) is 41.1 Å². The highest BCUT2D eigenvalue weighted by atomic mass is 32.2. The lowest BCUT2D eigenvalue weighted by Gasteiger charge is -2.25. The highest BCUT2D eigenvalue weighted by molar-refractivity contribution is 7.91. The van der Waals surface area contributed by atoms with Gasteiger partial charge in [0, 0.05) is 30.1 Å². The lowest BCUT2D eigenvalue weighted by molar-refractivity contribution is -0.123. The number of rotatable bonds is 10. The summed E-state index contributed by atoms with van der Waals surface area (Å²) in [5.74, 6) is 0.387. The van der Waals surface area contributed by atoms with Crippen LogP contribution in [0.25, 0.3) is 11.3 Å². The monoisotopic (exact) mass is 495 g/mol. The first-order valence-corrected chi connectivity index (χ1v) is 13.4. The first kappa shape index (κ1) is 24.8. The maximum Gasteiger partial charge on any atom is 0.232 e. The number of hydrogen-bond acceptors (Lipinski definition) is 9. The van der Waals surface area contributed by atoms with Crippen LogP contribution in [-0.4, -0.2) is 51.0 Å². The Morgan fingerprint density at radius 2 is 1.89 bits per heavy atom.